The normalized spacial score (nSPS) is 10.6. The van der Waals surface area contributed by atoms with Crippen LogP contribution in [-0.4, -0.2) is 15.8 Å². The van der Waals surface area contributed by atoms with Crippen molar-refractivity contribution < 1.29 is 13.7 Å². The van der Waals surface area contributed by atoms with Crippen LogP contribution >= 0.6 is 11.6 Å². The van der Waals surface area contributed by atoms with Gasteiger partial charge in [-0.25, -0.2) is 9.37 Å². The van der Waals surface area contributed by atoms with Gasteiger partial charge in [0.1, 0.15) is 5.82 Å². The summed E-state index contributed by atoms with van der Waals surface area (Å²) in [5.74, 6) is 0.489. The molecule has 2 rings (SSSR count). The zero-order valence-electron chi connectivity index (χ0n) is 9.81. The van der Waals surface area contributed by atoms with Crippen molar-refractivity contribution in [2.24, 2.45) is 0 Å². The van der Waals surface area contributed by atoms with E-state index in [0.29, 0.717) is 24.6 Å². The monoisotopic (exact) mass is 284 g/mol. The maximum Gasteiger partial charge on any atom is 0.272 e. The highest BCUT2D eigenvalue weighted by Crippen LogP contribution is 2.27. The standard InChI is InChI=1S/C12H10ClFN2O3/c13-5-1-2-12-15-7-11(19-12)9-4-3-8(16(17)18)6-10(9)14/h3-4,6-7H,1-2,5H2. The molecule has 100 valence electrons. The number of hydrogen-bond donors (Lipinski definition) is 0. The second-order valence-electron chi connectivity index (χ2n) is 3.83. The number of oxazole rings is 1. The number of alkyl halides is 1. The first-order valence-corrected chi connectivity index (χ1v) is 6.10. The van der Waals surface area contributed by atoms with Crippen molar-refractivity contribution >= 4 is 17.3 Å². The lowest BCUT2D eigenvalue weighted by Gasteiger charge is -1.99. The Kier molecular flexibility index (Phi) is 4.11. The van der Waals surface area contributed by atoms with Crippen LogP contribution in [0.5, 0.6) is 0 Å². The number of halogens is 2. The Bertz CT molecular complexity index is 600. The minimum atomic E-state index is -0.714. The molecular formula is C12H10ClFN2O3. The number of nitro groups is 1. The smallest absolute Gasteiger partial charge is 0.272 e. The highest BCUT2D eigenvalue weighted by atomic mass is 35.5. The van der Waals surface area contributed by atoms with Crippen LogP contribution in [-0.2, 0) is 6.42 Å². The number of non-ortho nitro benzene ring substituents is 1. The van der Waals surface area contributed by atoms with Gasteiger partial charge in [0.15, 0.2) is 11.7 Å². The van der Waals surface area contributed by atoms with Crippen molar-refractivity contribution in [3.63, 3.8) is 0 Å². The van der Waals surface area contributed by atoms with Crippen LogP contribution in [0, 0.1) is 15.9 Å². The molecule has 0 atom stereocenters. The van der Waals surface area contributed by atoms with Gasteiger partial charge in [-0.1, -0.05) is 0 Å². The van der Waals surface area contributed by atoms with E-state index in [2.05, 4.69) is 4.98 Å². The molecule has 0 N–H and O–H groups in total. The van der Waals surface area contributed by atoms with Gasteiger partial charge < -0.3 is 4.42 Å². The highest BCUT2D eigenvalue weighted by molar-refractivity contribution is 6.17. The van der Waals surface area contributed by atoms with Crippen LogP contribution in [0.15, 0.2) is 28.8 Å². The summed E-state index contributed by atoms with van der Waals surface area (Å²) in [6, 6.07) is 3.38. The Hall–Kier alpha value is -1.95. The van der Waals surface area contributed by atoms with E-state index in [4.69, 9.17) is 16.0 Å². The van der Waals surface area contributed by atoms with E-state index in [1.54, 1.807) is 0 Å². The summed E-state index contributed by atoms with van der Waals surface area (Å²) in [7, 11) is 0. The molecule has 0 unspecified atom stereocenters. The number of rotatable bonds is 5. The minimum absolute atomic E-state index is 0.148. The van der Waals surface area contributed by atoms with Crippen LogP contribution in [0.25, 0.3) is 11.3 Å². The van der Waals surface area contributed by atoms with Gasteiger partial charge in [0.05, 0.1) is 22.7 Å². The van der Waals surface area contributed by atoms with Gasteiger partial charge in [-0.2, -0.15) is 0 Å². The van der Waals surface area contributed by atoms with Crippen molar-refractivity contribution in [2.45, 2.75) is 12.8 Å². The average Bonchev–Trinajstić information content (AvgIpc) is 2.84. The van der Waals surface area contributed by atoms with Gasteiger partial charge in [0.2, 0.25) is 0 Å². The van der Waals surface area contributed by atoms with E-state index in [1.165, 1.54) is 18.3 Å². The van der Waals surface area contributed by atoms with Gasteiger partial charge in [0.25, 0.3) is 5.69 Å². The Morgan fingerprint density at radius 2 is 2.26 bits per heavy atom. The fourth-order valence-electron chi connectivity index (χ4n) is 1.59. The van der Waals surface area contributed by atoms with Crippen molar-refractivity contribution in [1.29, 1.82) is 0 Å². The van der Waals surface area contributed by atoms with Gasteiger partial charge >= 0.3 is 0 Å². The summed E-state index contributed by atoms with van der Waals surface area (Å²) in [6.07, 6.45) is 2.68. The summed E-state index contributed by atoms with van der Waals surface area (Å²) in [6.45, 7) is 0. The molecule has 0 radical (unpaired) electrons. The number of hydrogen-bond acceptors (Lipinski definition) is 4. The molecule has 0 bridgehead atoms. The number of benzene rings is 1. The van der Waals surface area contributed by atoms with E-state index in [-0.39, 0.29) is 17.0 Å². The fraction of sp³-hybridized carbons (Fsp3) is 0.250. The summed E-state index contributed by atoms with van der Waals surface area (Å²) >= 11 is 5.55. The lowest BCUT2D eigenvalue weighted by atomic mass is 10.1. The van der Waals surface area contributed by atoms with Crippen LogP contribution < -0.4 is 0 Å². The molecule has 7 heteroatoms. The molecule has 0 aliphatic carbocycles. The molecule has 0 aliphatic rings. The summed E-state index contributed by atoms with van der Waals surface area (Å²) < 4.78 is 19.1. The summed E-state index contributed by atoms with van der Waals surface area (Å²) in [5.41, 5.74) is -0.154. The number of aromatic nitrogens is 1. The molecule has 19 heavy (non-hydrogen) atoms. The molecule has 0 spiro atoms. The fourth-order valence-corrected chi connectivity index (χ4v) is 1.72. The summed E-state index contributed by atoms with van der Waals surface area (Å²) in [4.78, 5) is 13.9. The van der Waals surface area contributed by atoms with E-state index in [9.17, 15) is 14.5 Å². The largest absolute Gasteiger partial charge is 0.441 e. The van der Waals surface area contributed by atoms with Crippen molar-refractivity contribution in [1.82, 2.24) is 4.98 Å². The molecule has 0 aliphatic heterocycles. The third-order valence-corrected chi connectivity index (χ3v) is 2.77. The molecule has 0 fully saturated rings. The Labute approximate surface area is 113 Å². The van der Waals surface area contributed by atoms with Gasteiger partial charge in [-0.15, -0.1) is 11.6 Å². The predicted octanol–water partition coefficient (Wildman–Crippen LogP) is 3.56. The first-order valence-electron chi connectivity index (χ1n) is 5.57. The van der Waals surface area contributed by atoms with E-state index >= 15 is 0 Å². The molecule has 0 amide bonds. The van der Waals surface area contributed by atoms with Crippen molar-refractivity contribution in [3.05, 3.63) is 46.2 Å². The van der Waals surface area contributed by atoms with Crippen LogP contribution in [0.4, 0.5) is 10.1 Å². The average molecular weight is 285 g/mol. The quantitative estimate of drug-likeness (QED) is 0.478. The third-order valence-electron chi connectivity index (χ3n) is 2.51. The highest BCUT2D eigenvalue weighted by Gasteiger charge is 2.15. The minimum Gasteiger partial charge on any atom is -0.441 e. The van der Waals surface area contributed by atoms with E-state index < -0.39 is 10.7 Å². The first-order chi connectivity index (χ1) is 9.11. The number of nitro benzene ring substituents is 1. The molecule has 0 saturated heterocycles. The van der Waals surface area contributed by atoms with Crippen molar-refractivity contribution in [3.8, 4) is 11.3 Å². The van der Waals surface area contributed by atoms with Gasteiger partial charge in [-0.3, -0.25) is 10.1 Å². The molecular weight excluding hydrogens is 275 g/mol. The molecule has 1 aromatic carbocycles. The zero-order valence-corrected chi connectivity index (χ0v) is 10.6. The van der Waals surface area contributed by atoms with Crippen molar-refractivity contribution in [2.75, 3.05) is 5.88 Å². The lowest BCUT2D eigenvalue weighted by Crippen LogP contribution is -1.90. The molecule has 1 heterocycles. The number of aryl methyl sites for hydroxylation is 1. The third kappa shape index (κ3) is 3.08. The van der Waals surface area contributed by atoms with Crippen LogP contribution in [0.2, 0.25) is 0 Å². The van der Waals surface area contributed by atoms with Crippen LogP contribution in [0.3, 0.4) is 0 Å². The van der Waals surface area contributed by atoms with Gasteiger partial charge in [-0.05, 0) is 12.5 Å². The topological polar surface area (TPSA) is 69.2 Å². The Balaban J connectivity index is 2.26. The lowest BCUT2D eigenvalue weighted by molar-refractivity contribution is -0.385. The molecule has 0 saturated carbocycles. The maximum atomic E-state index is 13.7. The predicted molar refractivity (Wildman–Crippen MR) is 67.6 cm³/mol. The van der Waals surface area contributed by atoms with Gasteiger partial charge in [0, 0.05) is 18.4 Å². The second-order valence-corrected chi connectivity index (χ2v) is 4.21. The summed E-state index contributed by atoms with van der Waals surface area (Å²) in [5, 5.41) is 10.5. The SMILES string of the molecule is O=[N+]([O-])c1ccc(-c2cnc(CCCCl)o2)c(F)c1. The Morgan fingerprint density at radius 3 is 2.89 bits per heavy atom. The molecule has 1 aromatic heterocycles. The number of nitrogens with zero attached hydrogens (tertiary/aromatic N) is 2. The molecule has 5 nitrogen and oxygen atoms in total. The Morgan fingerprint density at radius 1 is 1.47 bits per heavy atom. The first kappa shape index (κ1) is 13.5. The zero-order chi connectivity index (χ0) is 13.8. The second kappa shape index (κ2) is 5.79. The van der Waals surface area contributed by atoms with E-state index in [0.717, 1.165) is 6.07 Å². The van der Waals surface area contributed by atoms with E-state index in [1.807, 2.05) is 0 Å². The maximum absolute atomic E-state index is 13.7. The molecule has 2 aromatic rings. The van der Waals surface area contributed by atoms with Crippen LogP contribution in [0.1, 0.15) is 12.3 Å².